The number of likely N-dealkylation sites (tertiary alicyclic amines) is 1. The van der Waals surface area contributed by atoms with Gasteiger partial charge in [0.15, 0.2) is 5.76 Å². The van der Waals surface area contributed by atoms with E-state index >= 15 is 0 Å². The number of aryl methyl sites for hydroxylation is 1. The van der Waals surface area contributed by atoms with Crippen molar-refractivity contribution in [2.24, 2.45) is 0 Å². The van der Waals surface area contributed by atoms with Crippen LogP contribution in [-0.2, 0) is 13.0 Å². The van der Waals surface area contributed by atoms with Crippen LogP contribution in [0.15, 0.2) is 65.3 Å². The Hall–Kier alpha value is -3.54. The largest absolute Gasteiger partial charge is 0.459 e. The smallest absolute Gasteiger partial charge is 0.287 e. The standard InChI is InChI=1S/C27H29N3O3/c1-19-13-17-33-25(19)26(31)28-23-11-15-29(16-12-23)27(32)21-6-8-24(9-7-21)30-14-10-20-4-2-3-5-22(20)18-30/h2-9,13,17,23H,10-12,14-16,18H2,1H3,(H,28,31). The number of carbonyl (C=O) groups is 2. The van der Waals surface area contributed by atoms with Crippen LogP contribution in [0.3, 0.4) is 0 Å². The molecule has 0 aliphatic carbocycles. The van der Waals surface area contributed by atoms with Gasteiger partial charge in [-0.1, -0.05) is 24.3 Å². The molecule has 1 fully saturated rings. The maximum Gasteiger partial charge on any atom is 0.287 e. The van der Waals surface area contributed by atoms with Gasteiger partial charge in [-0.15, -0.1) is 0 Å². The van der Waals surface area contributed by atoms with E-state index in [1.807, 2.05) is 24.0 Å². The summed E-state index contributed by atoms with van der Waals surface area (Å²) < 4.78 is 5.28. The summed E-state index contributed by atoms with van der Waals surface area (Å²) in [5.41, 5.74) is 5.50. The Morgan fingerprint density at radius 2 is 1.67 bits per heavy atom. The number of carbonyl (C=O) groups excluding carboxylic acids is 2. The maximum absolute atomic E-state index is 13.0. The molecule has 2 aromatic carbocycles. The number of furan rings is 1. The summed E-state index contributed by atoms with van der Waals surface area (Å²) in [7, 11) is 0. The molecule has 6 nitrogen and oxygen atoms in total. The van der Waals surface area contributed by atoms with Crippen molar-refractivity contribution in [2.75, 3.05) is 24.5 Å². The average Bonchev–Trinajstić information content (AvgIpc) is 3.30. The van der Waals surface area contributed by atoms with Crippen LogP contribution in [0.1, 0.15) is 50.4 Å². The van der Waals surface area contributed by atoms with E-state index in [0.29, 0.717) is 24.4 Å². The molecule has 0 atom stereocenters. The maximum atomic E-state index is 13.0. The lowest BCUT2D eigenvalue weighted by atomic mass is 9.99. The van der Waals surface area contributed by atoms with Gasteiger partial charge in [-0.2, -0.15) is 0 Å². The molecule has 2 aliphatic heterocycles. The minimum Gasteiger partial charge on any atom is -0.459 e. The van der Waals surface area contributed by atoms with Crippen molar-refractivity contribution >= 4 is 17.5 Å². The molecular weight excluding hydrogens is 414 g/mol. The molecule has 170 valence electrons. The summed E-state index contributed by atoms with van der Waals surface area (Å²) in [5.74, 6) is 0.237. The molecule has 1 saturated heterocycles. The van der Waals surface area contributed by atoms with Gasteiger partial charge in [-0.25, -0.2) is 0 Å². The van der Waals surface area contributed by atoms with Gasteiger partial charge in [0.25, 0.3) is 11.8 Å². The lowest BCUT2D eigenvalue weighted by molar-refractivity contribution is 0.0695. The second-order valence-corrected chi connectivity index (χ2v) is 8.96. The van der Waals surface area contributed by atoms with E-state index in [9.17, 15) is 9.59 Å². The lowest BCUT2D eigenvalue weighted by Gasteiger charge is -2.33. The molecule has 6 heteroatoms. The fourth-order valence-corrected chi connectivity index (χ4v) is 4.80. The molecule has 1 aromatic heterocycles. The molecule has 5 rings (SSSR count). The topological polar surface area (TPSA) is 65.8 Å². The zero-order valence-corrected chi connectivity index (χ0v) is 18.9. The van der Waals surface area contributed by atoms with Crippen molar-refractivity contribution in [1.82, 2.24) is 10.2 Å². The number of fused-ring (bicyclic) bond motifs is 1. The molecule has 33 heavy (non-hydrogen) atoms. The molecule has 3 heterocycles. The number of hydrogen-bond acceptors (Lipinski definition) is 4. The first kappa shape index (κ1) is 21.3. The molecule has 0 unspecified atom stereocenters. The highest BCUT2D eigenvalue weighted by molar-refractivity contribution is 5.95. The van der Waals surface area contributed by atoms with Crippen molar-refractivity contribution in [2.45, 2.75) is 38.8 Å². The van der Waals surface area contributed by atoms with Gasteiger partial charge < -0.3 is 19.5 Å². The van der Waals surface area contributed by atoms with Crippen molar-refractivity contribution in [1.29, 1.82) is 0 Å². The fourth-order valence-electron chi connectivity index (χ4n) is 4.80. The second kappa shape index (κ2) is 9.14. The number of nitrogens with one attached hydrogen (secondary N) is 1. The van der Waals surface area contributed by atoms with E-state index in [1.165, 1.54) is 17.4 Å². The van der Waals surface area contributed by atoms with Crippen LogP contribution in [0.5, 0.6) is 0 Å². The third kappa shape index (κ3) is 4.51. The van der Waals surface area contributed by atoms with Crippen molar-refractivity contribution in [3.05, 3.63) is 88.9 Å². The van der Waals surface area contributed by atoms with Crippen LogP contribution in [0.2, 0.25) is 0 Å². The van der Waals surface area contributed by atoms with E-state index in [2.05, 4.69) is 46.6 Å². The predicted molar refractivity (Wildman–Crippen MR) is 127 cm³/mol. The van der Waals surface area contributed by atoms with Crippen LogP contribution in [0.4, 0.5) is 5.69 Å². The van der Waals surface area contributed by atoms with Gasteiger partial charge in [0.2, 0.25) is 0 Å². The highest BCUT2D eigenvalue weighted by Gasteiger charge is 2.26. The van der Waals surface area contributed by atoms with Gasteiger partial charge in [0.05, 0.1) is 6.26 Å². The molecule has 1 N–H and O–H groups in total. The Morgan fingerprint density at radius 3 is 2.36 bits per heavy atom. The number of rotatable bonds is 4. The summed E-state index contributed by atoms with van der Waals surface area (Å²) in [6, 6.07) is 18.4. The van der Waals surface area contributed by atoms with Crippen LogP contribution >= 0.6 is 0 Å². The number of hydrogen-bond donors (Lipinski definition) is 1. The third-order valence-electron chi connectivity index (χ3n) is 6.80. The fraction of sp³-hybridized carbons (Fsp3) is 0.333. The second-order valence-electron chi connectivity index (χ2n) is 8.96. The van der Waals surface area contributed by atoms with Gasteiger partial charge in [0.1, 0.15) is 0 Å². The van der Waals surface area contributed by atoms with Gasteiger partial charge >= 0.3 is 0 Å². The highest BCUT2D eigenvalue weighted by Crippen LogP contribution is 2.25. The van der Waals surface area contributed by atoms with E-state index in [-0.39, 0.29) is 17.9 Å². The molecule has 3 aromatic rings. The van der Waals surface area contributed by atoms with E-state index < -0.39 is 0 Å². The number of benzene rings is 2. The monoisotopic (exact) mass is 443 g/mol. The molecule has 2 amide bonds. The summed E-state index contributed by atoms with van der Waals surface area (Å²) >= 11 is 0. The van der Waals surface area contributed by atoms with E-state index in [4.69, 9.17) is 4.42 Å². The Bertz CT molecular complexity index is 1140. The minimum absolute atomic E-state index is 0.0513. The summed E-state index contributed by atoms with van der Waals surface area (Å²) in [4.78, 5) is 29.6. The molecule has 0 bridgehead atoms. The van der Waals surface area contributed by atoms with Crippen LogP contribution in [0.25, 0.3) is 0 Å². The Morgan fingerprint density at radius 1 is 0.939 bits per heavy atom. The number of amides is 2. The van der Waals surface area contributed by atoms with Crippen molar-refractivity contribution in [3.63, 3.8) is 0 Å². The predicted octanol–water partition coefficient (Wildman–Crippen LogP) is 4.19. The average molecular weight is 444 g/mol. The molecule has 2 aliphatic rings. The Labute approximate surface area is 194 Å². The SMILES string of the molecule is Cc1ccoc1C(=O)NC1CCN(C(=O)c2ccc(N3CCc4ccccc4C3)cc2)CC1. The number of anilines is 1. The van der Waals surface area contributed by atoms with E-state index in [0.717, 1.165) is 43.6 Å². The molecule has 0 spiro atoms. The first-order valence-electron chi connectivity index (χ1n) is 11.6. The first-order chi connectivity index (χ1) is 16.1. The van der Waals surface area contributed by atoms with Crippen molar-refractivity contribution < 1.29 is 14.0 Å². The third-order valence-corrected chi connectivity index (χ3v) is 6.80. The summed E-state index contributed by atoms with van der Waals surface area (Å²) in [6.07, 6.45) is 4.05. The van der Waals surface area contributed by atoms with E-state index in [1.54, 1.807) is 6.07 Å². The quantitative estimate of drug-likeness (QED) is 0.657. The van der Waals surface area contributed by atoms with Gasteiger partial charge in [-0.05, 0) is 67.6 Å². The minimum atomic E-state index is -0.182. The highest BCUT2D eigenvalue weighted by atomic mass is 16.3. The zero-order chi connectivity index (χ0) is 22.8. The van der Waals surface area contributed by atoms with Gasteiger partial charge in [0, 0.05) is 49.0 Å². The van der Waals surface area contributed by atoms with Gasteiger partial charge in [-0.3, -0.25) is 9.59 Å². The number of nitrogens with zero attached hydrogens (tertiary/aromatic N) is 2. The van der Waals surface area contributed by atoms with Crippen LogP contribution in [-0.4, -0.2) is 42.4 Å². The van der Waals surface area contributed by atoms with Crippen LogP contribution < -0.4 is 10.2 Å². The first-order valence-corrected chi connectivity index (χ1v) is 11.6. The molecule has 0 radical (unpaired) electrons. The van der Waals surface area contributed by atoms with Crippen molar-refractivity contribution in [3.8, 4) is 0 Å². The Kier molecular flexibility index (Phi) is 5.90. The zero-order valence-electron chi connectivity index (χ0n) is 18.9. The summed E-state index contributed by atoms with van der Waals surface area (Å²) in [5, 5.41) is 3.04. The molecule has 0 saturated carbocycles. The summed E-state index contributed by atoms with van der Waals surface area (Å²) in [6.45, 7) is 5.01. The normalized spacial score (nSPS) is 16.4. The lowest BCUT2D eigenvalue weighted by Crippen LogP contribution is -2.46. The van der Waals surface area contributed by atoms with Crippen LogP contribution in [0, 0.1) is 6.92 Å². The number of piperidine rings is 1. The molecular formula is C27H29N3O3. The Balaban J connectivity index is 1.15.